The number of alkyl halides is 2. The van der Waals surface area contributed by atoms with Crippen molar-refractivity contribution >= 4 is 33.7 Å². The molecule has 1 aliphatic rings. The molecule has 198 valence electrons. The van der Waals surface area contributed by atoms with E-state index >= 15 is 0 Å². The lowest BCUT2D eigenvalue weighted by atomic mass is 10.1. The van der Waals surface area contributed by atoms with Gasteiger partial charge in [-0.15, -0.1) is 11.3 Å². The van der Waals surface area contributed by atoms with Crippen LogP contribution in [-0.4, -0.2) is 73.2 Å². The van der Waals surface area contributed by atoms with Crippen LogP contribution in [0.15, 0.2) is 37.1 Å². The number of nitrogens with one attached hydrogen (secondary N) is 2. The second kappa shape index (κ2) is 9.98. The van der Waals surface area contributed by atoms with Crippen LogP contribution in [0.2, 0.25) is 0 Å². The fourth-order valence-corrected chi connectivity index (χ4v) is 5.30. The molecule has 1 saturated heterocycles. The van der Waals surface area contributed by atoms with E-state index in [1.165, 1.54) is 23.7 Å². The van der Waals surface area contributed by atoms with Crippen molar-refractivity contribution in [2.75, 3.05) is 31.5 Å². The van der Waals surface area contributed by atoms with Gasteiger partial charge in [-0.3, -0.25) is 24.2 Å². The Balaban J connectivity index is 0.00000210. The molecule has 0 aromatic carbocycles. The van der Waals surface area contributed by atoms with Crippen LogP contribution in [0.1, 0.15) is 42.1 Å². The number of piperidine rings is 1. The van der Waals surface area contributed by atoms with E-state index < -0.39 is 5.92 Å². The Labute approximate surface area is 218 Å². The zero-order valence-electron chi connectivity index (χ0n) is 20.4. The number of aromatic nitrogens is 5. The number of fused-ring (bicyclic) bond motifs is 1. The van der Waals surface area contributed by atoms with E-state index in [1.807, 2.05) is 19.4 Å². The number of hydrogen-bond donors (Lipinski definition) is 2. The summed E-state index contributed by atoms with van der Waals surface area (Å²) in [6, 6.07) is 1.56. The summed E-state index contributed by atoms with van der Waals surface area (Å²) >= 11 is 1.42. The molecule has 37 heavy (non-hydrogen) atoms. The molecule has 0 bridgehead atoms. The molecule has 10 nitrogen and oxygen atoms in total. The summed E-state index contributed by atoms with van der Waals surface area (Å²) in [5, 5.41) is 14.1. The molecule has 0 saturated carbocycles. The minimum absolute atomic E-state index is 0. The molecule has 5 heterocycles. The largest absolute Gasteiger partial charge is 0.351 e. The number of hydrogen-bond acceptors (Lipinski definition) is 7. The predicted molar refractivity (Wildman–Crippen MR) is 139 cm³/mol. The van der Waals surface area contributed by atoms with Gasteiger partial charge in [-0.25, -0.2) is 13.3 Å². The summed E-state index contributed by atoms with van der Waals surface area (Å²) in [6.07, 6.45) is 8.74. The second-order valence-corrected chi connectivity index (χ2v) is 10.1. The Morgan fingerprint density at radius 2 is 2.03 bits per heavy atom. The van der Waals surface area contributed by atoms with E-state index in [1.54, 1.807) is 33.3 Å². The third kappa shape index (κ3) is 5.52. The van der Waals surface area contributed by atoms with Gasteiger partial charge in [0.1, 0.15) is 4.83 Å². The van der Waals surface area contributed by atoms with Crippen LogP contribution >= 0.6 is 11.3 Å². The molecule has 2 N–H and O–H groups in total. The molecule has 4 aromatic rings. The molecule has 4 aromatic heterocycles. The number of aryl methyl sites for hydroxylation is 2. The molecular formula is C24H30F2N8O2S. The van der Waals surface area contributed by atoms with Crippen LogP contribution in [-0.2, 0) is 7.05 Å². The van der Waals surface area contributed by atoms with Gasteiger partial charge in [0, 0.05) is 53.6 Å². The summed E-state index contributed by atoms with van der Waals surface area (Å²) < 4.78 is 30.5. The van der Waals surface area contributed by atoms with Crippen molar-refractivity contribution in [3.63, 3.8) is 0 Å². The number of carbonyl (C=O) groups excluding carboxylic acids is 2. The van der Waals surface area contributed by atoms with Crippen molar-refractivity contribution in [1.82, 2.24) is 34.6 Å². The first-order valence-electron chi connectivity index (χ1n) is 11.8. The molecule has 2 amide bonds. The van der Waals surface area contributed by atoms with Crippen molar-refractivity contribution < 1.29 is 21.2 Å². The van der Waals surface area contributed by atoms with E-state index in [4.69, 9.17) is 0 Å². The Bertz CT molecular complexity index is 1470. The lowest BCUT2D eigenvalue weighted by Gasteiger charge is -2.32. The quantitative estimate of drug-likeness (QED) is 0.376. The highest BCUT2D eigenvalue weighted by Crippen LogP contribution is 2.30. The fraction of sp³-hybridized carbons (Fsp3) is 0.375. The van der Waals surface area contributed by atoms with E-state index in [-0.39, 0.29) is 39.7 Å². The number of halogens is 2. The van der Waals surface area contributed by atoms with Gasteiger partial charge in [-0.05, 0) is 26.0 Å². The molecule has 5 rings (SSSR count). The summed E-state index contributed by atoms with van der Waals surface area (Å²) in [6.45, 7) is 2.60. The maximum absolute atomic E-state index is 13.6. The number of anilines is 1. The van der Waals surface area contributed by atoms with Crippen molar-refractivity contribution in [3.05, 3.63) is 53.9 Å². The Kier molecular flexibility index (Phi) is 6.73. The van der Waals surface area contributed by atoms with Crippen molar-refractivity contribution in [1.29, 1.82) is 0 Å². The number of thiazole rings is 1. The van der Waals surface area contributed by atoms with Gasteiger partial charge in [-0.1, -0.05) is 0 Å². The zero-order valence-corrected chi connectivity index (χ0v) is 21.2. The highest BCUT2D eigenvalue weighted by atomic mass is 32.1. The van der Waals surface area contributed by atoms with Crippen LogP contribution in [0.4, 0.5) is 14.5 Å². The van der Waals surface area contributed by atoms with Gasteiger partial charge in [0.15, 0.2) is 0 Å². The van der Waals surface area contributed by atoms with E-state index in [0.717, 1.165) is 10.4 Å². The molecule has 1 fully saturated rings. The van der Waals surface area contributed by atoms with Crippen LogP contribution in [0.25, 0.3) is 15.3 Å². The first kappa shape index (κ1) is 25.0. The molecular weight excluding hydrogens is 502 g/mol. The maximum Gasteiger partial charge on any atom is 0.260 e. The summed E-state index contributed by atoms with van der Waals surface area (Å²) in [4.78, 5) is 33.3. The van der Waals surface area contributed by atoms with E-state index in [0.29, 0.717) is 41.3 Å². The summed E-state index contributed by atoms with van der Waals surface area (Å²) in [7, 11) is 1.84. The monoisotopic (exact) mass is 532 g/mol. The Hall–Kier alpha value is -3.71. The lowest BCUT2D eigenvalue weighted by Crippen LogP contribution is -2.45. The number of amides is 2. The summed E-state index contributed by atoms with van der Waals surface area (Å²) in [5.74, 6) is -3.44. The highest BCUT2D eigenvalue weighted by Gasteiger charge is 2.34. The molecule has 13 heteroatoms. The molecule has 0 spiro atoms. The number of pyridine rings is 1. The van der Waals surface area contributed by atoms with E-state index in [2.05, 4.69) is 25.8 Å². The smallest absolute Gasteiger partial charge is 0.260 e. The van der Waals surface area contributed by atoms with Gasteiger partial charge in [0.05, 0.1) is 46.3 Å². The number of nitrogens with zero attached hydrogens (tertiary/aromatic N) is 6. The number of rotatable bonds is 7. The minimum Gasteiger partial charge on any atom is -0.351 e. The van der Waals surface area contributed by atoms with Gasteiger partial charge in [0.2, 0.25) is 0 Å². The normalized spacial score (nSPS) is 15.7. The minimum atomic E-state index is -2.68. The van der Waals surface area contributed by atoms with Crippen LogP contribution < -0.4 is 10.6 Å². The number of carbonyl (C=O) groups is 2. The SMILES string of the molecule is Cc1ncc(C(=O)NCCN2CCCC(F)(F)C2)cc1NC(=O)c1cnn2cc(-c3cnn(C)c3)sc12.[HH].[HH]. The van der Waals surface area contributed by atoms with E-state index in [9.17, 15) is 18.4 Å². The first-order valence-corrected chi connectivity index (χ1v) is 12.6. The van der Waals surface area contributed by atoms with Crippen LogP contribution in [0, 0.1) is 6.92 Å². The first-order chi connectivity index (χ1) is 17.7. The summed E-state index contributed by atoms with van der Waals surface area (Å²) in [5.41, 5.74) is 2.53. The van der Waals surface area contributed by atoms with Crippen molar-refractivity contribution in [3.8, 4) is 10.4 Å². The third-order valence-corrected chi connectivity index (χ3v) is 7.37. The maximum atomic E-state index is 13.6. The highest BCUT2D eigenvalue weighted by molar-refractivity contribution is 7.21. The average molecular weight is 533 g/mol. The number of likely N-dealkylation sites (tertiary alicyclic amines) is 1. The van der Waals surface area contributed by atoms with Crippen LogP contribution in [0.3, 0.4) is 0 Å². The molecule has 1 aliphatic heterocycles. The van der Waals surface area contributed by atoms with Crippen LogP contribution in [0.5, 0.6) is 0 Å². The zero-order chi connectivity index (χ0) is 26.2. The topological polar surface area (TPSA) is 109 Å². The standard InChI is InChI=1S/C24H26F2N8O2S.2H2/c1-15-19(8-16(9-28-15)21(35)27-5-7-33-6-3-4-24(25,26)14-33)31-22(36)18-11-30-34-13-20(37-23(18)34)17-10-29-32(2)12-17;;/h8-13H,3-7,14H2,1-2H3,(H,27,35)(H,31,36);2*1H. The predicted octanol–water partition coefficient (Wildman–Crippen LogP) is 3.70. The van der Waals surface area contributed by atoms with Gasteiger partial charge in [0.25, 0.3) is 17.7 Å². The molecule has 0 radical (unpaired) electrons. The molecule has 0 atom stereocenters. The van der Waals surface area contributed by atoms with Gasteiger partial charge >= 0.3 is 0 Å². The van der Waals surface area contributed by atoms with Gasteiger partial charge < -0.3 is 10.6 Å². The third-order valence-electron chi connectivity index (χ3n) is 6.21. The second-order valence-electron chi connectivity index (χ2n) is 9.11. The fourth-order valence-electron chi connectivity index (χ4n) is 4.26. The van der Waals surface area contributed by atoms with Gasteiger partial charge in [-0.2, -0.15) is 10.2 Å². The Morgan fingerprint density at radius 1 is 1.19 bits per heavy atom. The van der Waals surface area contributed by atoms with Crippen molar-refractivity contribution in [2.24, 2.45) is 7.05 Å². The van der Waals surface area contributed by atoms with Crippen molar-refractivity contribution in [2.45, 2.75) is 25.7 Å². The Morgan fingerprint density at radius 3 is 2.78 bits per heavy atom. The average Bonchev–Trinajstić information content (AvgIpc) is 3.55. The molecule has 0 unspecified atom stereocenters. The lowest BCUT2D eigenvalue weighted by molar-refractivity contribution is -0.0632. The molecule has 0 aliphatic carbocycles.